The molecule has 88 heavy (non-hydrogen) atoms. The maximum absolute atomic E-state index is 14.0. The number of hydrogen-bond acceptors (Lipinski definition) is 19. The molecule has 0 aliphatic carbocycles. The fourth-order valence-electron chi connectivity index (χ4n) is 8.60. The number of rotatable bonds is 40. The summed E-state index contributed by atoms with van der Waals surface area (Å²) in [7, 11) is 0. The Labute approximate surface area is 512 Å². The highest BCUT2D eigenvalue weighted by Gasteiger charge is 2.39. The second-order valence-corrected chi connectivity index (χ2v) is 23.2. The average Bonchev–Trinajstić information content (AvgIpc) is 1.67. The third-order valence-corrected chi connectivity index (χ3v) is 13.7. The van der Waals surface area contributed by atoms with E-state index in [4.69, 9.17) is 11.5 Å². The van der Waals surface area contributed by atoms with Gasteiger partial charge in [-0.05, 0) is 95.1 Å². The van der Waals surface area contributed by atoms with Gasteiger partial charge in [0.05, 0.1) is 38.1 Å². The van der Waals surface area contributed by atoms with Gasteiger partial charge in [-0.2, -0.15) is 0 Å². The van der Waals surface area contributed by atoms with Crippen LogP contribution in [0.4, 0.5) is 0 Å². The number of unbranched alkanes of at least 4 members (excludes halogenated alkanes) is 1. The van der Waals surface area contributed by atoms with E-state index in [1.807, 2.05) is 19.9 Å². The van der Waals surface area contributed by atoms with Crippen molar-refractivity contribution >= 4 is 70.9 Å². The molecule has 0 aromatic heterocycles. The van der Waals surface area contributed by atoms with Gasteiger partial charge in [-0.1, -0.05) is 85.7 Å². The molecule has 0 spiro atoms. The van der Waals surface area contributed by atoms with Crippen LogP contribution in [0.25, 0.3) is 0 Å². The Bertz CT molecular complexity index is 2470. The molecule has 0 fully saturated rings. The van der Waals surface area contributed by atoms with E-state index in [1.54, 1.807) is 38.1 Å². The van der Waals surface area contributed by atoms with Crippen molar-refractivity contribution in [3.63, 3.8) is 0 Å². The summed E-state index contributed by atoms with van der Waals surface area (Å²) in [6.07, 6.45) is -2.26. The second-order valence-electron chi connectivity index (χ2n) is 23.2. The number of carbonyl (C=O) groups is 12. The minimum atomic E-state index is -1.87. The molecular weight excluding hydrogens is 1150 g/mol. The Kier molecular flexibility index (Phi) is 35.2. The van der Waals surface area contributed by atoms with Gasteiger partial charge >= 0.3 is 5.97 Å². The van der Waals surface area contributed by atoms with Crippen molar-refractivity contribution in [2.24, 2.45) is 35.1 Å². The average molecular weight is 1250 g/mol. The minimum absolute atomic E-state index is 0.00899. The van der Waals surface area contributed by atoms with Crippen molar-refractivity contribution in [2.75, 3.05) is 26.4 Å². The van der Waals surface area contributed by atoms with E-state index in [-0.39, 0.29) is 44.1 Å². The van der Waals surface area contributed by atoms with Crippen molar-refractivity contribution in [3.8, 4) is 0 Å². The number of carboxylic acid groups (broad SMARTS) is 1. The highest BCUT2D eigenvalue weighted by atomic mass is 16.4. The summed E-state index contributed by atoms with van der Waals surface area (Å²) < 4.78 is 0. The molecule has 0 aliphatic heterocycles. The summed E-state index contributed by atoms with van der Waals surface area (Å²) >= 11 is 0. The number of benzene rings is 1. The first-order valence-corrected chi connectivity index (χ1v) is 29.4. The minimum Gasteiger partial charge on any atom is -0.480 e. The zero-order valence-corrected chi connectivity index (χ0v) is 52.1. The van der Waals surface area contributed by atoms with Gasteiger partial charge in [0.1, 0.15) is 66.5 Å². The third-order valence-electron chi connectivity index (χ3n) is 13.7. The van der Waals surface area contributed by atoms with Gasteiger partial charge in [-0.3, -0.25) is 52.7 Å². The van der Waals surface area contributed by atoms with Crippen LogP contribution in [0.3, 0.4) is 0 Å². The number of carboxylic acids is 1. The summed E-state index contributed by atoms with van der Waals surface area (Å²) in [5.41, 5.74) is 12.4. The van der Waals surface area contributed by atoms with Crippen molar-refractivity contribution in [3.05, 3.63) is 35.9 Å². The Morgan fingerprint density at radius 2 is 0.739 bits per heavy atom. The number of aliphatic hydroxyl groups is 5. The normalized spacial score (nSPS) is 16.2. The van der Waals surface area contributed by atoms with Crippen LogP contribution in [0.15, 0.2) is 30.3 Å². The second kappa shape index (κ2) is 39.5. The maximum Gasteiger partial charge on any atom is 0.326 e. The summed E-state index contributed by atoms with van der Waals surface area (Å²) in [5, 5.41) is 87.3. The third kappa shape index (κ3) is 27.3. The van der Waals surface area contributed by atoms with Crippen LogP contribution in [0.2, 0.25) is 0 Å². The molecule has 0 aliphatic rings. The molecule has 0 radical (unpaired) electrons. The lowest BCUT2D eigenvalue weighted by atomic mass is 9.98. The molecule has 31 heteroatoms. The van der Waals surface area contributed by atoms with Gasteiger partial charge in [-0.25, -0.2) is 4.79 Å². The first-order valence-electron chi connectivity index (χ1n) is 29.4. The summed E-state index contributed by atoms with van der Waals surface area (Å²) in [6.45, 7) is 13.7. The molecule has 0 saturated heterocycles. The number of nitrogens with one attached hydrogen (secondary N) is 11. The molecule has 14 atom stereocenters. The molecule has 11 amide bonds. The number of carbonyl (C=O) groups excluding carboxylic acids is 11. The summed E-state index contributed by atoms with van der Waals surface area (Å²) in [6, 6.07) is -9.22. The summed E-state index contributed by atoms with van der Waals surface area (Å²) in [4.78, 5) is 161. The SMILES string of the molecule is CC(C)C[C@H](NC(=O)[C@@H](NC(=O)[C@@H](NC(=O)[C@H](CO)NC(=O)[C@@H](NC(=O)[C@H](CO)NC(=O)[C@H](C)NC(=O)[C@H](CC(C)C)NC(=O)[C@@H](N)Cc1ccccc1)C(C)C)[C@@H](C)O)C(C)C)C(=O)N[C@H](C(=O)N[C@@H](CO)C(=O)N[C@@H](CCCCN)C(=O)O)[C@@H](C)O. The van der Waals surface area contributed by atoms with Crippen LogP contribution in [0.5, 0.6) is 0 Å². The van der Waals surface area contributed by atoms with Crippen molar-refractivity contribution in [1.29, 1.82) is 0 Å². The fraction of sp³-hybridized carbons (Fsp3) is 0.684. The van der Waals surface area contributed by atoms with Crippen molar-refractivity contribution in [2.45, 2.75) is 199 Å². The van der Waals surface area contributed by atoms with E-state index < -0.39 is 187 Å². The lowest BCUT2D eigenvalue weighted by Crippen LogP contribution is -2.64. The lowest BCUT2D eigenvalue weighted by molar-refractivity contribution is -0.143. The number of aliphatic carboxylic acids is 1. The molecule has 0 unspecified atom stereocenters. The summed E-state index contributed by atoms with van der Waals surface area (Å²) in [5.74, 6) is -14.3. The zero-order valence-electron chi connectivity index (χ0n) is 52.1. The van der Waals surface area contributed by atoms with Crippen LogP contribution >= 0.6 is 0 Å². The number of nitrogens with two attached hydrogens (primary N) is 2. The Hall–Kier alpha value is -7.42. The lowest BCUT2D eigenvalue weighted by Gasteiger charge is -2.30. The van der Waals surface area contributed by atoms with Gasteiger partial charge in [-0.15, -0.1) is 0 Å². The van der Waals surface area contributed by atoms with Crippen LogP contribution in [-0.2, 0) is 64.0 Å². The topological polar surface area (TPSA) is 511 Å². The highest BCUT2D eigenvalue weighted by Crippen LogP contribution is 2.13. The number of aliphatic hydroxyl groups excluding tert-OH is 5. The molecular formula is C57H97N13O18. The van der Waals surface area contributed by atoms with Crippen molar-refractivity contribution in [1.82, 2.24) is 58.5 Å². The predicted molar refractivity (Wildman–Crippen MR) is 319 cm³/mol. The van der Waals surface area contributed by atoms with E-state index in [0.717, 1.165) is 19.4 Å². The predicted octanol–water partition coefficient (Wildman–Crippen LogP) is -5.73. The highest BCUT2D eigenvalue weighted by molar-refractivity contribution is 5.99. The quantitative estimate of drug-likeness (QED) is 0.0272. The van der Waals surface area contributed by atoms with E-state index >= 15 is 0 Å². The molecule has 0 heterocycles. The monoisotopic (exact) mass is 1250 g/mol. The van der Waals surface area contributed by atoms with Crippen LogP contribution < -0.4 is 70.0 Å². The van der Waals surface area contributed by atoms with E-state index in [9.17, 15) is 88.2 Å². The van der Waals surface area contributed by atoms with Gasteiger partial charge in [0.2, 0.25) is 65.0 Å². The van der Waals surface area contributed by atoms with E-state index in [1.165, 1.54) is 34.6 Å². The Morgan fingerprint density at radius 3 is 1.12 bits per heavy atom. The van der Waals surface area contributed by atoms with Crippen LogP contribution in [-0.4, -0.2) is 213 Å². The maximum atomic E-state index is 14.0. The molecule has 1 rings (SSSR count). The van der Waals surface area contributed by atoms with Crippen LogP contribution in [0.1, 0.15) is 114 Å². The molecule has 0 bridgehead atoms. The van der Waals surface area contributed by atoms with Crippen molar-refractivity contribution < 1.29 is 88.2 Å². The first-order chi connectivity index (χ1) is 41.1. The number of hydrogen-bond donors (Lipinski definition) is 19. The van der Waals surface area contributed by atoms with Gasteiger partial charge in [0.15, 0.2) is 0 Å². The van der Waals surface area contributed by atoms with Gasteiger partial charge in [0, 0.05) is 0 Å². The molecule has 21 N–H and O–H groups in total. The fourth-order valence-corrected chi connectivity index (χ4v) is 8.60. The smallest absolute Gasteiger partial charge is 0.326 e. The van der Waals surface area contributed by atoms with E-state index in [0.29, 0.717) is 12.8 Å². The largest absolute Gasteiger partial charge is 0.480 e. The standard InChI is InChI=1S/C57H97N13O18/c1-27(2)21-37(62-47(77)35(59)23-34-17-13-12-14-18-34)48(78)60-31(9)46(76)64-40(25-72)51(81)67-42(29(5)6)54(84)65-41(26-73)52(82)70-45(33(11)75)56(86)68-43(30(7)8)53(83)63-38(22-28(3)4)49(79)69-44(32(10)74)55(85)66-39(24-71)50(80)61-36(57(87)88)19-15-16-20-58/h12-14,17-18,27-33,35-45,71-75H,15-16,19-26,58-59H2,1-11H3,(H,60,78)(H,61,80)(H,62,77)(H,63,83)(H,64,76)(H,65,84)(H,66,85)(H,67,81)(H,68,86)(H,69,79)(H,70,82)(H,87,88)/t31-,32+,33+,35-,36-,37-,38-,39-,40-,41-,42-,43-,44-,45-/m0/s1. The first kappa shape index (κ1) is 78.6. The molecule has 1 aromatic rings. The van der Waals surface area contributed by atoms with Crippen LogP contribution in [0, 0.1) is 23.7 Å². The number of amides is 11. The van der Waals surface area contributed by atoms with Gasteiger partial charge < -0.3 is 101 Å². The Morgan fingerprint density at radius 1 is 0.409 bits per heavy atom. The van der Waals surface area contributed by atoms with E-state index in [2.05, 4.69) is 58.5 Å². The Balaban J connectivity index is 3.17. The molecule has 0 saturated carbocycles. The molecule has 498 valence electrons. The molecule has 1 aromatic carbocycles. The molecule has 31 nitrogen and oxygen atoms in total. The zero-order chi connectivity index (χ0) is 67.3. The van der Waals surface area contributed by atoms with Gasteiger partial charge in [0.25, 0.3) is 0 Å².